The Morgan fingerprint density at radius 2 is 1.81 bits per heavy atom. The molecule has 37 heavy (non-hydrogen) atoms. The van der Waals surface area contributed by atoms with Gasteiger partial charge < -0.3 is 29.6 Å². The van der Waals surface area contributed by atoms with Gasteiger partial charge in [0.05, 0.1) is 18.8 Å². The van der Waals surface area contributed by atoms with E-state index in [1.165, 1.54) is 0 Å². The Labute approximate surface area is 219 Å². The first kappa shape index (κ1) is 26.8. The van der Waals surface area contributed by atoms with Gasteiger partial charge in [0.25, 0.3) is 0 Å². The number of thioether (sulfide) groups is 1. The second kappa shape index (κ2) is 12.8. The van der Waals surface area contributed by atoms with E-state index in [0.717, 1.165) is 21.8 Å². The molecule has 4 rings (SSSR count). The van der Waals surface area contributed by atoms with Crippen LogP contribution >= 0.6 is 11.8 Å². The van der Waals surface area contributed by atoms with Crippen LogP contribution in [-0.2, 0) is 32.7 Å². The fourth-order valence-corrected chi connectivity index (χ4v) is 4.85. The highest BCUT2D eigenvalue weighted by atomic mass is 32.2. The fraction of sp³-hybridized carbons (Fsp3) is 0.385. The molecule has 2 heterocycles. The summed E-state index contributed by atoms with van der Waals surface area (Å²) < 4.78 is 14.5. The lowest BCUT2D eigenvalue weighted by atomic mass is 10.0. The molecule has 10 nitrogen and oxygen atoms in total. The summed E-state index contributed by atoms with van der Waals surface area (Å²) >= 11 is 1.57. The van der Waals surface area contributed by atoms with Crippen LogP contribution in [0.5, 0.6) is 0 Å². The molecule has 2 aromatic carbocycles. The van der Waals surface area contributed by atoms with E-state index in [1.54, 1.807) is 30.2 Å². The molecule has 3 aromatic rings. The number of aliphatic hydroxyl groups excluding tert-OH is 1. The van der Waals surface area contributed by atoms with Gasteiger partial charge in [0, 0.05) is 43.3 Å². The second-order valence-electron chi connectivity index (χ2n) is 8.80. The van der Waals surface area contributed by atoms with Crippen molar-refractivity contribution in [3.8, 4) is 0 Å². The zero-order valence-corrected chi connectivity index (χ0v) is 21.3. The summed E-state index contributed by atoms with van der Waals surface area (Å²) in [6.45, 7) is -0.0169. The highest BCUT2D eigenvalue weighted by Gasteiger charge is 2.32. The zero-order chi connectivity index (χ0) is 26.2. The minimum atomic E-state index is -0.916. The number of nitrogens with zero attached hydrogens (tertiary/aromatic N) is 3. The second-order valence-corrected chi connectivity index (χ2v) is 9.79. The molecule has 0 unspecified atom stereocenters. The molecule has 1 aromatic heterocycles. The average Bonchev–Trinajstić information content (AvgIpc) is 3.32. The molecule has 1 fully saturated rings. The monoisotopic (exact) mass is 526 g/mol. The van der Waals surface area contributed by atoms with Crippen molar-refractivity contribution in [3.63, 3.8) is 0 Å². The Morgan fingerprint density at radius 3 is 2.46 bits per heavy atom. The number of carboxylic acids is 1. The smallest absolute Gasteiger partial charge is 0.303 e. The van der Waals surface area contributed by atoms with Crippen LogP contribution in [-0.4, -0.2) is 48.7 Å². The highest BCUT2D eigenvalue weighted by Crippen LogP contribution is 2.39. The van der Waals surface area contributed by atoms with Gasteiger partial charge in [0.2, 0.25) is 5.91 Å². The Bertz CT molecular complexity index is 1180. The van der Waals surface area contributed by atoms with E-state index < -0.39 is 12.3 Å². The van der Waals surface area contributed by atoms with Gasteiger partial charge in [-0.2, -0.15) is 0 Å². The number of hydrogen-bond donors (Lipinski definition) is 3. The van der Waals surface area contributed by atoms with Crippen LogP contribution in [0.3, 0.4) is 0 Å². The van der Waals surface area contributed by atoms with E-state index in [2.05, 4.69) is 15.5 Å². The summed E-state index contributed by atoms with van der Waals surface area (Å²) in [6.07, 6.45) is 1.78. The van der Waals surface area contributed by atoms with Gasteiger partial charge in [-0.1, -0.05) is 48.2 Å². The van der Waals surface area contributed by atoms with E-state index in [4.69, 9.17) is 14.6 Å². The van der Waals surface area contributed by atoms with E-state index in [-0.39, 0.29) is 44.0 Å². The van der Waals surface area contributed by atoms with Gasteiger partial charge in [0.15, 0.2) is 11.4 Å². The van der Waals surface area contributed by atoms with E-state index in [9.17, 15) is 14.7 Å². The van der Waals surface area contributed by atoms with Crippen molar-refractivity contribution < 1.29 is 29.3 Å². The Kier molecular flexibility index (Phi) is 9.29. The Morgan fingerprint density at radius 1 is 1.08 bits per heavy atom. The molecule has 0 spiro atoms. The zero-order valence-electron chi connectivity index (χ0n) is 20.4. The quantitative estimate of drug-likeness (QED) is 0.318. The lowest BCUT2D eigenvalue weighted by Crippen LogP contribution is -2.31. The number of aliphatic hydroxyl groups is 1. The predicted molar refractivity (Wildman–Crippen MR) is 137 cm³/mol. The van der Waals surface area contributed by atoms with Gasteiger partial charge in [0.1, 0.15) is 6.33 Å². The summed E-state index contributed by atoms with van der Waals surface area (Å²) in [7, 11) is 1.90. The largest absolute Gasteiger partial charge is 0.481 e. The van der Waals surface area contributed by atoms with Gasteiger partial charge >= 0.3 is 5.97 Å². The lowest BCUT2D eigenvalue weighted by molar-refractivity contribution is -0.245. The van der Waals surface area contributed by atoms with Crippen molar-refractivity contribution in [2.24, 2.45) is 7.05 Å². The Hall–Kier alpha value is -3.25. The SMILES string of the molecule is Cn1cnnc1SC[C@H]1C[C@@H](c2ccc(CO)cc2)O[C@@H](c2ccc(NC(=O)CCCC(=O)O)cc2)O1. The molecule has 1 amide bonds. The molecule has 1 saturated heterocycles. The fourth-order valence-electron chi connectivity index (χ4n) is 3.94. The number of hydrogen-bond acceptors (Lipinski definition) is 8. The maximum absolute atomic E-state index is 12.1. The van der Waals surface area contributed by atoms with Crippen molar-refractivity contribution in [2.45, 2.75) is 55.9 Å². The van der Waals surface area contributed by atoms with Crippen LogP contribution in [0.25, 0.3) is 0 Å². The number of amides is 1. The first-order chi connectivity index (χ1) is 17.9. The standard InChI is InChI=1S/C26H30N4O6S/c1-30-16-27-29-26(30)37-15-21-13-22(18-7-5-17(14-31)6-8-18)36-25(35-21)19-9-11-20(12-10-19)28-23(32)3-2-4-24(33)34/h5-12,16,21-22,25,31H,2-4,13-15H2,1H3,(H,28,32)(H,33,34)/t21-,22+,25+/m1/s1. The molecular weight excluding hydrogens is 496 g/mol. The summed E-state index contributed by atoms with van der Waals surface area (Å²) in [5.74, 6) is -0.478. The van der Waals surface area contributed by atoms with Crippen molar-refractivity contribution >= 4 is 29.3 Å². The average molecular weight is 527 g/mol. The number of aliphatic carboxylic acids is 1. The molecule has 0 aliphatic carbocycles. The number of carboxylic acid groups (broad SMARTS) is 1. The number of carbonyl (C=O) groups is 2. The maximum atomic E-state index is 12.1. The molecule has 196 valence electrons. The molecule has 3 atom stereocenters. The van der Waals surface area contributed by atoms with E-state index in [0.29, 0.717) is 17.9 Å². The minimum Gasteiger partial charge on any atom is -0.481 e. The highest BCUT2D eigenvalue weighted by molar-refractivity contribution is 7.99. The van der Waals surface area contributed by atoms with Crippen LogP contribution in [0, 0.1) is 0 Å². The number of nitrogens with one attached hydrogen (secondary N) is 1. The molecule has 0 bridgehead atoms. The first-order valence-electron chi connectivity index (χ1n) is 12.0. The maximum Gasteiger partial charge on any atom is 0.303 e. The van der Waals surface area contributed by atoms with Crippen LogP contribution in [0.15, 0.2) is 60.0 Å². The van der Waals surface area contributed by atoms with Gasteiger partial charge in [-0.15, -0.1) is 10.2 Å². The molecule has 3 N–H and O–H groups in total. The van der Waals surface area contributed by atoms with Crippen molar-refractivity contribution in [2.75, 3.05) is 11.1 Å². The number of rotatable bonds is 11. The molecule has 1 aliphatic heterocycles. The number of aromatic nitrogens is 3. The number of ether oxygens (including phenoxy) is 2. The van der Waals surface area contributed by atoms with Crippen LogP contribution in [0.2, 0.25) is 0 Å². The molecule has 0 saturated carbocycles. The van der Waals surface area contributed by atoms with E-state index in [1.807, 2.05) is 48.0 Å². The lowest BCUT2D eigenvalue weighted by Gasteiger charge is -2.36. The third-order valence-electron chi connectivity index (χ3n) is 5.94. The van der Waals surface area contributed by atoms with Crippen LogP contribution < -0.4 is 5.32 Å². The van der Waals surface area contributed by atoms with Gasteiger partial charge in [-0.25, -0.2) is 0 Å². The predicted octanol–water partition coefficient (Wildman–Crippen LogP) is 3.84. The summed E-state index contributed by atoms with van der Waals surface area (Å²) in [6, 6.07) is 15.0. The molecule has 0 radical (unpaired) electrons. The topological polar surface area (TPSA) is 136 Å². The first-order valence-corrected chi connectivity index (χ1v) is 13.0. The van der Waals surface area contributed by atoms with Crippen LogP contribution in [0.4, 0.5) is 5.69 Å². The summed E-state index contributed by atoms with van der Waals surface area (Å²) in [5, 5.41) is 29.8. The van der Waals surface area contributed by atoms with E-state index >= 15 is 0 Å². The van der Waals surface area contributed by atoms with Crippen molar-refractivity contribution in [1.29, 1.82) is 0 Å². The molecule has 11 heteroatoms. The molecule has 1 aliphatic rings. The van der Waals surface area contributed by atoms with Gasteiger partial charge in [-0.05, 0) is 29.7 Å². The number of benzene rings is 2. The summed E-state index contributed by atoms with van der Waals surface area (Å²) in [5.41, 5.74) is 3.27. The summed E-state index contributed by atoms with van der Waals surface area (Å²) in [4.78, 5) is 22.7. The third kappa shape index (κ3) is 7.62. The van der Waals surface area contributed by atoms with Gasteiger partial charge in [-0.3, -0.25) is 9.59 Å². The third-order valence-corrected chi connectivity index (χ3v) is 7.11. The minimum absolute atomic E-state index is 0.0169. The number of carbonyl (C=O) groups excluding carboxylic acids is 1. The Balaban J connectivity index is 1.44. The molecular formula is C26H30N4O6S. The number of anilines is 1. The van der Waals surface area contributed by atoms with Crippen molar-refractivity contribution in [3.05, 3.63) is 71.5 Å². The normalized spacial score (nSPS) is 19.5. The van der Waals surface area contributed by atoms with Crippen molar-refractivity contribution in [1.82, 2.24) is 14.8 Å². The number of aryl methyl sites for hydroxylation is 1. The van der Waals surface area contributed by atoms with Crippen LogP contribution in [0.1, 0.15) is 54.8 Å².